The Balaban J connectivity index is 0.00000107. The minimum atomic E-state index is -0.833. The van der Waals surface area contributed by atoms with Crippen LogP contribution in [0, 0.1) is 0 Å². The molecular formula is C28H41N3O9. The molecule has 1 heterocycles. The van der Waals surface area contributed by atoms with Gasteiger partial charge in [0.1, 0.15) is 0 Å². The number of nitrogens with zero attached hydrogens (tertiary/aromatic N) is 1. The molecule has 0 aromatic heterocycles. The van der Waals surface area contributed by atoms with Crippen LogP contribution in [0.15, 0.2) is 42.5 Å². The van der Waals surface area contributed by atoms with Crippen molar-refractivity contribution in [1.82, 2.24) is 4.90 Å². The van der Waals surface area contributed by atoms with Crippen molar-refractivity contribution in [3.63, 3.8) is 0 Å². The van der Waals surface area contributed by atoms with Crippen molar-refractivity contribution in [2.75, 3.05) is 38.4 Å². The molecule has 0 spiro atoms. The van der Waals surface area contributed by atoms with Crippen LogP contribution in [0.2, 0.25) is 0 Å². The van der Waals surface area contributed by atoms with Crippen LogP contribution >= 0.6 is 0 Å². The predicted octanol–water partition coefficient (Wildman–Crippen LogP) is 3.71. The van der Waals surface area contributed by atoms with Crippen molar-refractivity contribution in [2.45, 2.75) is 52.6 Å². The number of piperidine rings is 1. The number of hydrogen-bond donors (Lipinski definition) is 5. The van der Waals surface area contributed by atoms with Crippen molar-refractivity contribution >= 4 is 35.1 Å². The Morgan fingerprint density at radius 2 is 1.35 bits per heavy atom. The minimum absolute atomic E-state index is 0.0969. The molecular weight excluding hydrogens is 522 g/mol. The van der Waals surface area contributed by atoms with E-state index >= 15 is 0 Å². The number of Topliss-reactive ketones (excluding diaryl/α,β-unsaturated/α-hetero) is 1. The molecule has 1 saturated heterocycles. The number of nitrogen functional groups attached to an aromatic ring is 1. The van der Waals surface area contributed by atoms with E-state index in [4.69, 9.17) is 44.9 Å². The number of ketones is 1. The highest BCUT2D eigenvalue weighted by Gasteiger charge is 2.28. The van der Waals surface area contributed by atoms with Crippen LogP contribution in [-0.4, -0.2) is 83.3 Å². The zero-order valence-corrected chi connectivity index (χ0v) is 23.8. The number of nitrogens with two attached hydrogens (primary N) is 1. The average molecular weight is 564 g/mol. The molecule has 1 unspecified atom stereocenters. The Labute approximate surface area is 234 Å². The van der Waals surface area contributed by atoms with E-state index in [0.717, 1.165) is 58.1 Å². The van der Waals surface area contributed by atoms with Crippen molar-refractivity contribution in [1.29, 1.82) is 0 Å². The molecule has 12 nitrogen and oxygen atoms in total. The summed E-state index contributed by atoms with van der Waals surface area (Å²) in [6, 6.07) is 13.3. The Hall–Kier alpha value is -4.32. The van der Waals surface area contributed by atoms with Crippen molar-refractivity contribution < 1.29 is 44.0 Å². The monoisotopic (exact) mass is 563 g/mol. The quantitative estimate of drug-likeness (QED) is 0.243. The topological polar surface area (TPSA) is 189 Å². The summed E-state index contributed by atoms with van der Waals surface area (Å²) in [5.74, 6) is -1.21. The van der Waals surface area contributed by atoms with Crippen LogP contribution in [0.3, 0.4) is 0 Å². The van der Waals surface area contributed by atoms with E-state index in [0.29, 0.717) is 23.1 Å². The molecule has 222 valence electrons. The summed E-state index contributed by atoms with van der Waals surface area (Å²) in [4.78, 5) is 42.2. The molecule has 0 bridgehead atoms. The first kappa shape index (κ1) is 35.7. The van der Waals surface area contributed by atoms with E-state index < -0.39 is 17.9 Å². The van der Waals surface area contributed by atoms with Gasteiger partial charge in [-0.2, -0.15) is 0 Å². The lowest BCUT2D eigenvalue weighted by atomic mass is 9.98. The molecule has 12 heteroatoms. The second-order valence-electron chi connectivity index (χ2n) is 8.71. The second kappa shape index (κ2) is 18.9. The SMILES string of the molecule is CC(=O)O.CC(=O)O.CC(=O)O.COc1ccc(C(=O)C(C)N2CCC(Nc3ccccc3N)CC2)cc1OC. The van der Waals surface area contributed by atoms with E-state index in [-0.39, 0.29) is 11.8 Å². The number of hydrogen-bond acceptors (Lipinski definition) is 9. The third kappa shape index (κ3) is 14.6. The summed E-state index contributed by atoms with van der Waals surface area (Å²) in [6.07, 6.45) is 1.94. The first-order chi connectivity index (χ1) is 18.7. The highest BCUT2D eigenvalue weighted by Crippen LogP contribution is 2.29. The zero-order chi connectivity index (χ0) is 30.8. The Kier molecular flexibility index (Phi) is 16.8. The summed E-state index contributed by atoms with van der Waals surface area (Å²) in [5.41, 5.74) is 8.41. The van der Waals surface area contributed by atoms with E-state index in [1.807, 2.05) is 31.2 Å². The number of para-hydroxylation sites is 2. The Morgan fingerprint density at radius 3 is 1.80 bits per heavy atom. The normalized spacial score (nSPS) is 13.3. The number of nitrogens with one attached hydrogen (secondary N) is 1. The van der Waals surface area contributed by atoms with Crippen LogP contribution in [-0.2, 0) is 14.4 Å². The van der Waals surface area contributed by atoms with Crippen molar-refractivity contribution in [3.05, 3.63) is 48.0 Å². The highest BCUT2D eigenvalue weighted by molar-refractivity contribution is 6.00. The van der Waals surface area contributed by atoms with Gasteiger partial charge in [0.25, 0.3) is 17.9 Å². The number of benzene rings is 2. The fraction of sp³-hybridized carbons (Fsp3) is 0.429. The van der Waals surface area contributed by atoms with E-state index in [1.54, 1.807) is 32.4 Å². The van der Waals surface area contributed by atoms with Crippen LogP contribution in [0.1, 0.15) is 50.9 Å². The predicted molar refractivity (Wildman–Crippen MR) is 152 cm³/mol. The number of ether oxygens (including phenoxy) is 2. The highest BCUT2D eigenvalue weighted by atomic mass is 16.5. The summed E-state index contributed by atoms with van der Waals surface area (Å²) >= 11 is 0. The van der Waals surface area contributed by atoms with Gasteiger partial charge in [0.05, 0.1) is 31.6 Å². The lowest BCUT2D eigenvalue weighted by Gasteiger charge is -2.36. The lowest BCUT2D eigenvalue weighted by Crippen LogP contribution is -2.46. The molecule has 0 aliphatic carbocycles. The van der Waals surface area contributed by atoms with Gasteiger partial charge in [-0.1, -0.05) is 12.1 Å². The molecule has 2 aromatic rings. The largest absolute Gasteiger partial charge is 0.493 e. The number of methoxy groups -OCH3 is 2. The third-order valence-corrected chi connectivity index (χ3v) is 5.45. The van der Waals surface area contributed by atoms with Gasteiger partial charge in [0.15, 0.2) is 17.3 Å². The van der Waals surface area contributed by atoms with Crippen LogP contribution in [0.5, 0.6) is 11.5 Å². The van der Waals surface area contributed by atoms with Gasteiger partial charge in [-0.25, -0.2) is 0 Å². The number of rotatable bonds is 7. The maximum atomic E-state index is 13.0. The van der Waals surface area contributed by atoms with E-state index in [9.17, 15) is 4.79 Å². The van der Waals surface area contributed by atoms with Crippen LogP contribution in [0.4, 0.5) is 11.4 Å². The number of anilines is 2. The zero-order valence-electron chi connectivity index (χ0n) is 23.8. The molecule has 3 rings (SSSR count). The van der Waals surface area contributed by atoms with Gasteiger partial charge in [0, 0.05) is 45.5 Å². The molecule has 0 radical (unpaired) electrons. The number of carboxylic acid groups (broad SMARTS) is 3. The molecule has 0 amide bonds. The first-order valence-corrected chi connectivity index (χ1v) is 12.4. The maximum absolute atomic E-state index is 13.0. The van der Waals surface area contributed by atoms with E-state index in [1.165, 1.54) is 0 Å². The number of likely N-dealkylation sites (tertiary alicyclic amines) is 1. The molecule has 2 aromatic carbocycles. The van der Waals surface area contributed by atoms with Crippen LogP contribution in [0.25, 0.3) is 0 Å². The molecule has 6 N–H and O–H groups in total. The number of carbonyl (C=O) groups is 4. The van der Waals surface area contributed by atoms with Gasteiger partial charge in [-0.05, 0) is 50.1 Å². The van der Waals surface area contributed by atoms with E-state index in [2.05, 4.69) is 10.2 Å². The molecule has 1 atom stereocenters. The van der Waals surface area contributed by atoms with Gasteiger partial charge < -0.3 is 35.8 Å². The van der Waals surface area contributed by atoms with Gasteiger partial charge in [-0.3, -0.25) is 24.1 Å². The summed E-state index contributed by atoms with van der Waals surface area (Å²) in [5, 5.41) is 25.8. The first-order valence-electron chi connectivity index (χ1n) is 12.4. The summed E-state index contributed by atoms with van der Waals surface area (Å²) < 4.78 is 10.6. The molecule has 1 aliphatic rings. The summed E-state index contributed by atoms with van der Waals surface area (Å²) in [6.45, 7) is 6.96. The fourth-order valence-electron chi connectivity index (χ4n) is 3.68. The smallest absolute Gasteiger partial charge is 0.300 e. The van der Waals surface area contributed by atoms with Gasteiger partial charge in [0.2, 0.25) is 0 Å². The Morgan fingerprint density at radius 1 is 0.875 bits per heavy atom. The average Bonchev–Trinajstić information content (AvgIpc) is 2.88. The number of carbonyl (C=O) groups excluding carboxylic acids is 1. The molecule has 40 heavy (non-hydrogen) atoms. The second-order valence-corrected chi connectivity index (χ2v) is 8.71. The molecule has 0 saturated carbocycles. The number of aliphatic carboxylic acids is 3. The standard InChI is InChI=1S/C22H29N3O3.3C2H4O2/c1-15(22(26)16-8-9-20(27-2)21(14-16)28-3)25-12-10-17(11-13-25)24-19-7-5-4-6-18(19)23;3*1-2(3)4/h4-9,14-15,17,24H,10-13,23H2,1-3H3;3*1H3,(H,3,4). The van der Waals surface area contributed by atoms with Crippen molar-refractivity contribution in [3.8, 4) is 11.5 Å². The Bertz CT molecular complexity index is 1060. The van der Waals surface area contributed by atoms with Gasteiger partial charge >= 0.3 is 0 Å². The maximum Gasteiger partial charge on any atom is 0.300 e. The summed E-state index contributed by atoms with van der Waals surface area (Å²) in [7, 11) is 3.16. The third-order valence-electron chi connectivity index (χ3n) is 5.45. The number of carboxylic acids is 3. The lowest BCUT2D eigenvalue weighted by molar-refractivity contribution is -0.135. The minimum Gasteiger partial charge on any atom is -0.493 e. The van der Waals surface area contributed by atoms with Crippen molar-refractivity contribution in [2.24, 2.45) is 0 Å². The van der Waals surface area contributed by atoms with Crippen LogP contribution < -0.4 is 20.5 Å². The molecule has 1 fully saturated rings. The molecule has 1 aliphatic heterocycles. The fourth-order valence-corrected chi connectivity index (χ4v) is 3.68. The van der Waals surface area contributed by atoms with Gasteiger partial charge in [-0.15, -0.1) is 0 Å².